The zero-order chi connectivity index (χ0) is 14.7. The number of hydrogen-bond donors (Lipinski definition) is 0. The Kier molecular flexibility index (Phi) is 4.25. The summed E-state index contributed by atoms with van der Waals surface area (Å²) < 4.78 is 2.17. The van der Waals surface area contributed by atoms with Gasteiger partial charge in [-0.3, -0.25) is 0 Å². The lowest BCUT2D eigenvalue weighted by atomic mass is 10.2. The summed E-state index contributed by atoms with van der Waals surface area (Å²) in [5.41, 5.74) is 3.51. The van der Waals surface area contributed by atoms with Crippen molar-refractivity contribution in [2.45, 2.75) is 6.54 Å². The van der Waals surface area contributed by atoms with Crippen LogP contribution >= 0.6 is 15.9 Å². The first-order chi connectivity index (χ1) is 10.3. The van der Waals surface area contributed by atoms with E-state index in [0.29, 0.717) is 0 Å². The van der Waals surface area contributed by atoms with Gasteiger partial charge >= 0.3 is 0 Å². The summed E-state index contributed by atoms with van der Waals surface area (Å²) in [6.07, 6.45) is 0. The van der Waals surface area contributed by atoms with Crippen LogP contribution in [-0.2, 0) is 13.6 Å². The van der Waals surface area contributed by atoms with Crippen LogP contribution in [0.1, 0.15) is 5.56 Å². The van der Waals surface area contributed by atoms with E-state index in [2.05, 4.69) is 74.9 Å². The highest BCUT2D eigenvalue weighted by Gasteiger charge is 2.14. The van der Waals surface area contributed by atoms with Gasteiger partial charge in [0.2, 0.25) is 5.95 Å². The minimum Gasteiger partial charge on any atom is -0.337 e. The smallest absolute Gasteiger partial charge is 0.206 e. The molecule has 0 saturated heterocycles. The Bertz CT molecular complexity index is 721. The SMILES string of the molecule is Cn1c(N(CCBr)Cc2ccccc2)nc2ccccc21. The van der Waals surface area contributed by atoms with Crippen molar-refractivity contribution in [2.75, 3.05) is 16.8 Å². The quantitative estimate of drug-likeness (QED) is 0.653. The van der Waals surface area contributed by atoms with Gasteiger partial charge in [-0.05, 0) is 17.7 Å². The van der Waals surface area contributed by atoms with Crippen LogP contribution in [-0.4, -0.2) is 21.4 Å². The fourth-order valence-electron chi connectivity index (χ4n) is 2.57. The molecule has 21 heavy (non-hydrogen) atoms. The molecule has 3 nitrogen and oxygen atoms in total. The predicted octanol–water partition coefficient (Wildman–Crippen LogP) is 3.97. The monoisotopic (exact) mass is 343 g/mol. The van der Waals surface area contributed by atoms with Gasteiger partial charge in [-0.15, -0.1) is 0 Å². The van der Waals surface area contributed by atoms with Crippen molar-refractivity contribution in [3.8, 4) is 0 Å². The molecule has 0 atom stereocenters. The second kappa shape index (κ2) is 6.31. The number of aromatic nitrogens is 2. The van der Waals surface area contributed by atoms with Crippen molar-refractivity contribution in [1.82, 2.24) is 9.55 Å². The van der Waals surface area contributed by atoms with E-state index in [1.165, 1.54) is 11.1 Å². The summed E-state index contributed by atoms with van der Waals surface area (Å²) in [6, 6.07) is 18.8. The van der Waals surface area contributed by atoms with Gasteiger partial charge in [0.15, 0.2) is 0 Å². The third-order valence-electron chi connectivity index (χ3n) is 3.62. The van der Waals surface area contributed by atoms with Gasteiger partial charge < -0.3 is 9.47 Å². The molecule has 0 bridgehead atoms. The molecule has 0 aliphatic carbocycles. The van der Waals surface area contributed by atoms with Crippen molar-refractivity contribution >= 4 is 32.9 Å². The number of rotatable bonds is 5. The minimum absolute atomic E-state index is 0.865. The topological polar surface area (TPSA) is 21.1 Å². The molecule has 1 aromatic heterocycles. The van der Waals surface area contributed by atoms with E-state index in [4.69, 9.17) is 4.98 Å². The summed E-state index contributed by atoms with van der Waals surface area (Å²) >= 11 is 3.55. The highest BCUT2D eigenvalue weighted by Crippen LogP contribution is 2.22. The van der Waals surface area contributed by atoms with Crippen molar-refractivity contribution in [3.05, 3.63) is 60.2 Å². The highest BCUT2D eigenvalue weighted by molar-refractivity contribution is 9.09. The Hall–Kier alpha value is -1.81. The lowest BCUT2D eigenvalue weighted by molar-refractivity contribution is 0.767. The highest BCUT2D eigenvalue weighted by atomic mass is 79.9. The van der Waals surface area contributed by atoms with Gasteiger partial charge in [-0.25, -0.2) is 4.98 Å². The van der Waals surface area contributed by atoms with Crippen LogP contribution in [0, 0.1) is 0 Å². The van der Waals surface area contributed by atoms with Crippen LogP contribution in [0.15, 0.2) is 54.6 Å². The van der Waals surface area contributed by atoms with Gasteiger partial charge in [-0.2, -0.15) is 0 Å². The molecule has 2 aromatic carbocycles. The van der Waals surface area contributed by atoms with Gasteiger partial charge in [0.05, 0.1) is 11.0 Å². The molecule has 0 spiro atoms. The maximum absolute atomic E-state index is 4.80. The van der Waals surface area contributed by atoms with E-state index in [-0.39, 0.29) is 0 Å². The van der Waals surface area contributed by atoms with Gasteiger partial charge in [0.1, 0.15) is 0 Å². The Morgan fingerprint density at radius 3 is 2.48 bits per heavy atom. The third kappa shape index (κ3) is 2.95. The van der Waals surface area contributed by atoms with Crippen LogP contribution in [0.2, 0.25) is 0 Å². The number of halogens is 1. The number of nitrogens with zero attached hydrogens (tertiary/aromatic N) is 3. The Morgan fingerprint density at radius 2 is 1.76 bits per heavy atom. The lowest BCUT2D eigenvalue weighted by Crippen LogP contribution is -2.27. The fourth-order valence-corrected chi connectivity index (χ4v) is 3.00. The first-order valence-electron chi connectivity index (χ1n) is 7.06. The first-order valence-corrected chi connectivity index (χ1v) is 8.18. The van der Waals surface area contributed by atoms with Crippen molar-refractivity contribution < 1.29 is 0 Å². The minimum atomic E-state index is 0.865. The van der Waals surface area contributed by atoms with E-state index in [0.717, 1.165) is 29.9 Å². The second-order valence-corrected chi connectivity index (χ2v) is 5.85. The van der Waals surface area contributed by atoms with Crippen LogP contribution in [0.25, 0.3) is 11.0 Å². The Labute approximate surface area is 133 Å². The maximum atomic E-state index is 4.80. The standard InChI is InChI=1S/C17H18BrN3/c1-20-16-10-6-5-9-15(16)19-17(20)21(12-11-18)13-14-7-3-2-4-8-14/h2-10H,11-13H2,1H3. The van der Waals surface area contributed by atoms with E-state index in [1.807, 2.05) is 12.1 Å². The molecule has 0 saturated carbocycles. The molecule has 3 rings (SSSR count). The number of para-hydroxylation sites is 2. The van der Waals surface area contributed by atoms with Crippen molar-refractivity contribution in [1.29, 1.82) is 0 Å². The summed E-state index contributed by atoms with van der Waals surface area (Å²) in [5.74, 6) is 1.01. The average molecular weight is 344 g/mol. The molecule has 1 heterocycles. The lowest BCUT2D eigenvalue weighted by Gasteiger charge is -2.23. The number of anilines is 1. The Morgan fingerprint density at radius 1 is 1.05 bits per heavy atom. The summed E-state index contributed by atoms with van der Waals surface area (Å²) in [7, 11) is 2.08. The third-order valence-corrected chi connectivity index (χ3v) is 3.97. The average Bonchev–Trinajstić information content (AvgIpc) is 2.85. The van der Waals surface area contributed by atoms with E-state index in [9.17, 15) is 0 Å². The van der Waals surface area contributed by atoms with Crippen LogP contribution < -0.4 is 4.90 Å². The molecule has 0 amide bonds. The molecule has 0 aliphatic heterocycles. The molecule has 0 fully saturated rings. The van der Waals surface area contributed by atoms with Crippen LogP contribution in [0.5, 0.6) is 0 Å². The zero-order valence-corrected chi connectivity index (χ0v) is 13.6. The van der Waals surface area contributed by atoms with Gasteiger partial charge in [0.25, 0.3) is 0 Å². The maximum Gasteiger partial charge on any atom is 0.206 e. The molecule has 0 unspecified atom stereocenters. The normalized spacial score (nSPS) is 11.0. The number of benzene rings is 2. The summed E-state index contributed by atoms with van der Waals surface area (Å²) in [6.45, 7) is 1.79. The first kappa shape index (κ1) is 14.1. The van der Waals surface area contributed by atoms with Crippen LogP contribution in [0.4, 0.5) is 5.95 Å². The number of hydrogen-bond acceptors (Lipinski definition) is 2. The molecule has 3 aromatic rings. The number of imidazole rings is 1. The molecule has 108 valence electrons. The predicted molar refractivity (Wildman–Crippen MR) is 92.0 cm³/mol. The molecular formula is C17H18BrN3. The summed E-state index contributed by atoms with van der Waals surface area (Å²) in [4.78, 5) is 7.11. The van der Waals surface area contributed by atoms with Gasteiger partial charge in [-0.1, -0.05) is 58.4 Å². The van der Waals surface area contributed by atoms with E-state index >= 15 is 0 Å². The molecule has 0 N–H and O–H groups in total. The molecular weight excluding hydrogens is 326 g/mol. The zero-order valence-electron chi connectivity index (χ0n) is 12.0. The molecule has 0 aliphatic rings. The van der Waals surface area contributed by atoms with E-state index in [1.54, 1.807) is 0 Å². The van der Waals surface area contributed by atoms with Crippen LogP contribution in [0.3, 0.4) is 0 Å². The Balaban J connectivity index is 1.97. The van der Waals surface area contributed by atoms with Crippen molar-refractivity contribution in [2.24, 2.45) is 7.05 Å². The second-order valence-electron chi connectivity index (χ2n) is 5.06. The fraction of sp³-hybridized carbons (Fsp3) is 0.235. The summed E-state index contributed by atoms with van der Waals surface area (Å²) in [5, 5.41) is 0.920. The molecule has 4 heteroatoms. The largest absolute Gasteiger partial charge is 0.337 e. The van der Waals surface area contributed by atoms with Gasteiger partial charge in [0, 0.05) is 25.5 Å². The van der Waals surface area contributed by atoms with E-state index < -0.39 is 0 Å². The number of aryl methyl sites for hydroxylation is 1. The van der Waals surface area contributed by atoms with Crippen molar-refractivity contribution in [3.63, 3.8) is 0 Å². The number of alkyl halides is 1. The number of fused-ring (bicyclic) bond motifs is 1. The molecule has 0 radical (unpaired) electrons.